The van der Waals surface area contributed by atoms with E-state index in [1.807, 2.05) is 25.1 Å². The smallest absolute Gasteiger partial charge is 0.206 e. The van der Waals surface area contributed by atoms with Gasteiger partial charge in [-0.25, -0.2) is 0 Å². The lowest BCUT2D eigenvalue weighted by Gasteiger charge is -2.12. The van der Waals surface area contributed by atoms with Gasteiger partial charge < -0.3 is 14.6 Å². The molecule has 0 radical (unpaired) electrons. The number of aliphatic hydroxyl groups excluding tert-OH is 1. The van der Waals surface area contributed by atoms with Crippen LogP contribution in [0.2, 0.25) is 0 Å². The molecule has 3 aromatic rings. The summed E-state index contributed by atoms with van der Waals surface area (Å²) in [6.45, 7) is 2.85. The topological polar surface area (TPSA) is 95.2 Å². The summed E-state index contributed by atoms with van der Waals surface area (Å²) in [5.74, 6) is 1.91. The number of aromatic nitrogens is 5. The molecule has 130 valence electrons. The first-order valence-corrected chi connectivity index (χ1v) is 7.96. The molecule has 2 heterocycles. The van der Waals surface area contributed by atoms with Gasteiger partial charge in [0, 0.05) is 18.0 Å². The van der Waals surface area contributed by atoms with E-state index in [4.69, 9.17) is 9.47 Å². The third-order valence-electron chi connectivity index (χ3n) is 3.32. The van der Waals surface area contributed by atoms with Crippen LogP contribution in [0.3, 0.4) is 0 Å². The second-order valence-corrected chi connectivity index (χ2v) is 5.28. The third kappa shape index (κ3) is 4.74. The maximum absolute atomic E-state index is 10.1. The van der Waals surface area contributed by atoms with Gasteiger partial charge in [-0.3, -0.25) is 4.98 Å². The number of ether oxygens (including phenoxy) is 2. The number of rotatable bonds is 8. The Balaban J connectivity index is 1.51. The van der Waals surface area contributed by atoms with Crippen LogP contribution in [0.1, 0.15) is 6.92 Å². The van der Waals surface area contributed by atoms with E-state index < -0.39 is 6.10 Å². The van der Waals surface area contributed by atoms with Gasteiger partial charge in [0.2, 0.25) is 5.82 Å². The SMILES string of the molecule is CCOc1ccc(OC[C@@H](O)Cn2nnc(-c3cccnc3)n2)cc1. The first-order chi connectivity index (χ1) is 12.2. The van der Waals surface area contributed by atoms with Crippen LogP contribution in [0.15, 0.2) is 48.8 Å². The van der Waals surface area contributed by atoms with Crippen molar-refractivity contribution >= 4 is 0 Å². The van der Waals surface area contributed by atoms with Crippen LogP contribution in [0.4, 0.5) is 0 Å². The fourth-order valence-electron chi connectivity index (χ4n) is 2.16. The van der Waals surface area contributed by atoms with Gasteiger partial charge in [-0.2, -0.15) is 4.80 Å². The van der Waals surface area contributed by atoms with Crippen LogP contribution in [0, 0.1) is 0 Å². The first-order valence-electron chi connectivity index (χ1n) is 7.96. The van der Waals surface area contributed by atoms with Crippen molar-refractivity contribution in [3.63, 3.8) is 0 Å². The zero-order valence-electron chi connectivity index (χ0n) is 13.8. The van der Waals surface area contributed by atoms with Crippen molar-refractivity contribution in [3.05, 3.63) is 48.8 Å². The predicted octanol–water partition coefficient (Wildman–Crippen LogP) is 1.57. The average molecular weight is 341 g/mol. The number of hydrogen-bond donors (Lipinski definition) is 1. The van der Waals surface area contributed by atoms with E-state index in [1.165, 1.54) is 4.80 Å². The minimum absolute atomic E-state index is 0.123. The summed E-state index contributed by atoms with van der Waals surface area (Å²) < 4.78 is 10.9. The summed E-state index contributed by atoms with van der Waals surface area (Å²) in [7, 11) is 0. The lowest BCUT2D eigenvalue weighted by atomic mass is 10.3. The van der Waals surface area contributed by atoms with E-state index in [0.717, 1.165) is 11.3 Å². The van der Waals surface area contributed by atoms with E-state index in [2.05, 4.69) is 20.4 Å². The Hall–Kier alpha value is -3.00. The van der Waals surface area contributed by atoms with Crippen LogP contribution in [0.25, 0.3) is 11.4 Å². The molecular weight excluding hydrogens is 322 g/mol. The zero-order chi connectivity index (χ0) is 17.5. The Kier molecular flexibility index (Phi) is 5.53. The van der Waals surface area contributed by atoms with Crippen LogP contribution in [0.5, 0.6) is 11.5 Å². The minimum atomic E-state index is -0.762. The molecule has 1 atom stereocenters. The molecule has 8 nitrogen and oxygen atoms in total. The van der Waals surface area contributed by atoms with E-state index >= 15 is 0 Å². The van der Waals surface area contributed by atoms with Gasteiger partial charge in [-0.15, -0.1) is 10.2 Å². The molecule has 0 aliphatic rings. The maximum atomic E-state index is 10.1. The summed E-state index contributed by atoms with van der Waals surface area (Å²) in [5.41, 5.74) is 0.772. The Morgan fingerprint density at radius 3 is 2.56 bits per heavy atom. The van der Waals surface area contributed by atoms with Crippen molar-refractivity contribution in [2.75, 3.05) is 13.2 Å². The summed E-state index contributed by atoms with van der Waals surface area (Å²) in [6.07, 6.45) is 2.57. The van der Waals surface area contributed by atoms with E-state index in [9.17, 15) is 5.11 Å². The molecule has 25 heavy (non-hydrogen) atoms. The number of nitrogens with zero attached hydrogens (tertiary/aromatic N) is 5. The zero-order valence-corrected chi connectivity index (χ0v) is 13.8. The van der Waals surface area contributed by atoms with E-state index in [-0.39, 0.29) is 13.2 Å². The average Bonchev–Trinajstić information content (AvgIpc) is 3.11. The Bertz CT molecular complexity index is 776. The molecule has 8 heteroatoms. The lowest BCUT2D eigenvalue weighted by molar-refractivity contribution is 0.0849. The number of tetrazole rings is 1. The molecule has 0 amide bonds. The molecule has 0 unspecified atom stereocenters. The molecule has 0 saturated heterocycles. The molecule has 0 saturated carbocycles. The van der Waals surface area contributed by atoms with Crippen molar-refractivity contribution in [1.29, 1.82) is 0 Å². The van der Waals surface area contributed by atoms with Crippen molar-refractivity contribution in [3.8, 4) is 22.9 Å². The van der Waals surface area contributed by atoms with Gasteiger partial charge in [0.25, 0.3) is 0 Å². The molecule has 0 fully saturated rings. The fraction of sp³-hybridized carbons (Fsp3) is 0.294. The molecule has 3 rings (SSSR count). The first kappa shape index (κ1) is 16.8. The van der Waals surface area contributed by atoms with Crippen LogP contribution >= 0.6 is 0 Å². The molecule has 0 spiro atoms. The van der Waals surface area contributed by atoms with E-state index in [1.54, 1.807) is 30.6 Å². The molecule has 2 aromatic heterocycles. The predicted molar refractivity (Wildman–Crippen MR) is 90.2 cm³/mol. The van der Waals surface area contributed by atoms with Gasteiger partial charge in [0.1, 0.15) is 24.2 Å². The highest BCUT2D eigenvalue weighted by Crippen LogP contribution is 2.17. The fourth-order valence-corrected chi connectivity index (χ4v) is 2.16. The molecule has 1 aromatic carbocycles. The maximum Gasteiger partial charge on any atom is 0.206 e. The van der Waals surface area contributed by atoms with Crippen LogP contribution in [-0.2, 0) is 6.54 Å². The van der Waals surface area contributed by atoms with Crippen LogP contribution < -0.4 is 9.47 Å². The Morgan fingerprint density at radius 1 is 1.12 bits per heavy atom. The van der Waals surface area contributed by atoms with Crippen LogP contribution in [-0.4, -0.2) is 49.6 Å². The lowest BCUT2D eigenvalue weighted by Crippen LogP contribution is -2.24. The molecule has 1 N–H and O–H groups in total. The third-order valence-corrected chi connectivity index (χ3v) is 3.32. The Morgan fingerprint density at radius 2 is 1.88 bits per heavy atom. The van der Waals surface area contributed by atoms with Gasteiger partial charge in [-0.1, -0.05) is 0 Å². The van der Waals surface area contributed by atoms with Crippen molar-refractivity contribution in [2.45, 2.75) is 19.6 Å². The highest BCUT2D eigenvalue weighted by molar-refractivity contribution is 5.51. The number of benzene rings is 1. The quantitative estimate of drug-likeness (QED) is 0.664. The van der Waals surface area contributed by atoms with E-state index in [0.29, 0.717) is 18.2 Å². The highest BCUT2D eigenvalue weighted by atomic mass is 16.5. The monoisotopic (exact) mass is 341 g/mol. The normalized spacial score (nSPS) is 11.9. The molecule has 0 aliphatic carbocycles. The summed E-state index contributed by atoms with van der Waals surface area (Å²) in [5, 5.41) is 22.2. The van der Waals surface area contributed by atoms with Crippen molar-refractivity contribution in [2.24, 2.45) is 0 Å². The van der Waals surface area contributed by atoms with Crippen molar-refractivity contribution < 1.29 is 14.6 Å². The Labute approximate surface area is 145 Å². The number of aliphatic hydroxyl groups is 1. The number of pyridine rings is 1. The molecule has 0 aliphatic heterocycles. The van der Waals surface area contributed by atoms with Crippen molar-refractivity contribution in [1.82, 2.24) is 25.2 Å². The van der Waals surface area contributed by atoms with Gasteiger partial charge in [0.05, 0.1) is 13.2 Å². The minimum Gasteiger partial charge on any atom is -0.494 e. The second kappa shape index (κ2) is 8.20. The summed E-state index contributed by atoms with van der Waals surface area (Å²) in [6, 6.07) is 10.9. The molecular formula is C17H19N5O3. The largest absolute Gasteiger partial charge is 0.494 e. The standard InChI is InChI=1S/C17H19N5O3/c1-2-24-15-5-7-16(8-6-15)25-12-14(23)11-22-20-17(19-21-22)13-4-3-9-18-10-13/h3-10,14,23H,2,11-12H2,1H3/t14-/m0/s1. The molecule has 0 bridgehead atoms. The second-order valence-electron chi connectivity index (χ2n) is 5.28. The summed E-state index contributed by atoms with van der Waals surface area (Å²) in [4.78, 5) is 5.36. The highest BCUT2D eigenvalue weighted by Gasteiger charge is 2.11. The summed E-state index contributed by atoms with van der Waals surface area (Å²) >= 11 is 0. The van der Waals surface area contributed by atoms with Gasteiger partial charge in [-0.05, 0) is 48.5 Å². The van der Waals surface area contributed by atoms with Gasteiger partial charge >= 0.3 is 0 Å². The number of hydrogen-bond acceptors (Lipinski definition) is 7. The van der Waals surface area contributed by atoms with Gasteiger partial charge in [0.15, 0.2) is 0 Å².